The molecule has 0 spiro atoms. The van der Waals surface area contributed by atoms with E-state index in [1.54, 1.807) is 24.8 Å². The normalized spacial score (nSPS) is 10.6. The van der Waals surface area contributed by atoms with Gasteiger partial charge in [0, 0.05) is 24.0 Å². The number of carbonyl (C=O) groups is 1. The summed E-state index contributed by atoms with van der Waals surface area (Å²) in [6.07, 6.45) is 0.474. The van der Waals surface area contributed by atoms with Gasteiger partial charge in [-0.2, -0.15) is 11.8 Å². The number of anilines is 1. The molecule has 0 bridgehead atoms. The van der Waals surface area contributed by atoms with Gasteiger partial charge < -0.3 is 9.84 Å². The molecule has 2 rings (SSSR count). The Morgan fingerprint density at radius 3 is 2.81 bits per heavy atom. The van der Waals surface area contributed by atoms with E-state index >= 15 is 0 Å². The fraction of sp³-hybridized carbons (Fsp3) is 0.375. The van der Waals surface area contributed by atoms with Gasteiger partial charge >= 0.3 is 0 Å². The fourth-order valence-electron chi connectivity index (χ4n) is 1.93. The molecule has 1 heterocycles. The number of benzene rings is 1. The maximum absolute atomic E-state index is 11.7. The van der Waals surface area contributed by atoms with Crippen molar-refractivity contribution in [3.05, 3.63) is 46.7 Å². The van der Waals surface area contributed by atoms with Gasteiger partial charge in [0.15, 0.2) is 5.82 Å². The third-order valence-electron chi connectivity index (χ3n) is 3.13. The van der Waals surface area contributed by atoms with Gasteiger partial charge in [-0.25, -0.2) is 0 Å². The maximum atomic E-state index is 11.7. The molecule has 21 heavy (non-hydrogen) atoms. The van der Waals surface area contributed by atoms with Gasteiger partial charge in [0.25, 0.3) is 0 Å². The van der Waals surface area contributed by atoms with E-state index in [9.17, 15) is 4.79 Å². The zero-order valence-electron chi connectivity index (χ0n) is 12.6. The molecule has 0 aliphatic carbocycles. The van der Waals surface area contributed by atoms with E-state index in [0.29, 0.717) is 18.0 Å². The monoisotopic (exact) mass is 304 g/mol. The summed E-state index contributed by atoms with van der Waals surface area (Å²) in [5.41, 5.74) is 3.92. The second kappa shape index (κ2) is 7.31. The third-order valence-corrected chi connectivity index (χ3v) is 4.14. The van der Waals surface area contributed by atoms with E-state index in [-0.39, 0.29) is 5.91 Å². The van der Waals surface area contributed by atoms with Crippen LogP contribution in [0.1, 0.15) is 28.9 Å². The Hall–Kier alpha value is -1.75. The molecule has 1 aromatic heterocycles. The van der Waals surface area contributed by atoms with Gasteiger partial charge in [-0.15, -0.1) is 0 Å². The standard InChI is InChI=1S/C16H20N2O2S/c1-11-4-5-12(2)14(8-11)10-21-7-6-16(19)17-15-9-13(3)20-18-15/h4-5,8-9H,6-7,10H2,1-3H3,(H,17,18,19). The lowest BCUT2D eigenvalue weighted by Gasteiger charge is -2.07. The SMILES string of the molecule is Cc1ccc(C)c(CSCCC(=O)Nc2cc(C)on2)c1. The number of rotatable bonds is 6. The second-order valence-corrected chi connectivity index (χ2v) is 6.21. The summed E-state index contributed by atoms with van der Waals surface area (Å²) in [5, 5.41) is 6.46. The Morgan fingerprint density at radius 1 is 1.29 bits per heavy atom. The van der Waals surface area contributed by atoms with E-state index in [2.05, 4.69) is 42.5 Å². The summed E-state index contributed by atoms with van der Waals surface area (Å²) in [5.74, 6) is 2.86. The number of hydrogen-bond donors (Lipinski definition) is 1. The number of aryl methyl sites for hydroxylation is 3. The Labute approximate surface area is 129 Å². The van der Waals surface area contributed by atoms with Crippen molar-refractivity contribution in [2.45, 2.75) is 32.9 Å². The van der Waals surface area contributed by atoms with E-state index in [0.717, 1.165) is 11.5 Å². The molecule has 0 aliphatic rings. The molecular formula is C16H20N2O2S. The smallest absolute Gasteiger partial charge is 0.226 e. The van der Waals surface area contributed by atoms with Crippen LogP contribution in [0.5, 0.6) is 0 Å². The largest absolute Gasteiger partial charge is 0.360 e. The Kier molecular flexibility index (Phi) is 5.44. The first-order valence-corrected chi connectivity index (χ1v) is 8.07. The first-order chi connectivity index (χ1) is 10.0. The zero-order chi connectivity index (χ0) is 15.2. The average molecular weight is 304 g/mol. The zero-order valence-corrected chi connectivity index (χ0v) is 13.4. The maximum Gasteiger partial charge on any atom is 0.226 e. The lowest BCUT2D eigenvalue weighted by Crippen LogP contribution is -2.12. The minimum absolute atomic E-state index is 0.0308. The minimum atomic E-state index is -0.0308. The van der Waals surface area contributed by atoms with Crippen LogP contribution in [0.3, 0.4) is 0 Å². The Morgan fingerprint density at radius 2 is 2.10 bits per heavy atom. The van der Waals surface area contributed by atoms with Crippen molar-refractivity contribution >= 4 is 23.5 Å². The summed E-state index contributed by atoms with van der Waals surface area (Å²) in [4.78, 5) is 11.7. The molecule has 0 unspecified atom stereocenters. The Bertz CT molecular complexity index is 622. The topological polar surface area (TPSA) is 55.1 Å². The van der Waals surface area contributed by atoms with Crippen molar-refractivity contribution < 1.29 is 9.32 Å². The molecule has 2 aromatic rings. The molecule has 112 valence electrons. The molecule has 1 N–H and O–H groups in total. The number of aromatic nitrogens is 1. The van der Waals surface area contributed by atoms with Crippen LogP contribution in [0.2, 0.25) is 0 Å². The van der Waals surface area contributed by atoms with Crippen LogP contribution in [0.15, 0.2) is 28.8 Å². The van der Waals surface area contributed by atoms with E-state index < -0.39 is 0 Å². The summed E-state index contributed by atoms with van der Waals surface area (Å²) in [6, 6.07) is 8.18. The highest BCUT2D eigenvalue weighted by Gasteiger charge is 2.06. The van der Waals surface area contributed by atoms with E-state index in [1.165, 1.54) is 16.7 Å². The first kappa shape index (κ1) is 15.6. The molecule has 0 atom stereocenters. The molecular weight excluding hydrogens is 284 g/mol. The van der Waals surface area contributed by atoms with Gasteiger partial charge in [-0.3, -0.25) is 4.79 Å². The van der Waals surface area contributed by atoms with Crippen LogP contribution in [-0.4, -0.2) is 16.8 Å². The van der Waals surface area contributed by atoms with Gasteiger partial charge in [-0.1, -0.05) is 28.9 Å². The molecule has 1 aromatic carbocycles. The van der Waals surface area contributed by atoms with E-state index in [4.69, 9.17) is 4.52 Å². The predicted octanol–water partition coefficient (Wildman–Crippen LogP) is 3.86. The lowest BCUT2D eigenvalue weighted by atomic mass is 10.1. The molecule has 0 fully saturated rings. The van der Waals surface area contributed by atoms with Crippen LogP contribution in [0.4, 0.5) is 5.82 Å². The number of amides is 1. The molecule has 0 saturated heterocycles. The predicted molar refractivity (Wildman–Crippen MR) is 86.6 cm³/mol. The van der Waals surface area contributed by atoms with Crippen LogP contribution >= 0.6 is 11.8 Å². The minimum Gasteiger partial charge on any atom is -0.360 e. The molecule has 0 radical (unpaired) electrons. The highest BCUT2D eigenvalue weighted by molar-refractivity contribution is 7.98. The van der Waals surface area contributed by atoms with Crippen LogP contribution < -0.4 is 5.32 Å². The van der Waals surface area contributed by atoms with Crippen LogP contribution in [0, 0.1) is 20.8 Å². The molecule has 4 nitrogen and oxygen atoms in total. The molecule has 0 aliphatic heterocycles. The first-order valence-electron chi connectivity index (χ1n) is 6.91. The average Bonchev–Trinajstić information content (AvgIpc) is 2.84. The van der Waals surface area contributed by atoms with Gasteiger partial charge in [0.2, 0.25) is 5.91 Å². The number of nitrogens with one attached hydrogen (secondary N) is 1. The summed E-state index contributed by atoms with van der Waals surface area (Å²) in [7, 11) is 0. The van der Waals surface area contributed by atoms with Gasteiger partial charge in [0.05, 0.1) is 0 Å². The second-order valence-electron chi connectivity index (χ2n) is 5.10. The summed E-state index contributed by atoms with van der Waals surface area (Å²) in [6.45, 7) is 6.01. The van der Waals surface area contributed by atoms with Crippen LogP contribution in [-0.2, 0) is 10.5 Å². The number of nitrogens with zero attached hydrogens (tertiary/aromatic N) is 1. The van der Waals surface area contributed by atoms with Gasteiger partial charge in [-0.05, 0) is 31.9 Å². The molecule has 0 saturated carbocycles. The quantitative estimate of drug-likeness (QED) is 0.823. The number of carbonyl (C=O) groups excluding carboxylic acids is 1. The fourth-order valence-corrected chi connectivity index (χ4v) is 2.94. The third kappa shape index (κ3) is 4.93. The van der Waals surface area contributed by atoms with Crippen molar-refractivity contribution in [2.75, 3.05) is 11.1 Å². The van der Waals surface area contributed by atoms with Crippen LogP contribution in [0.25, 0.3) is 0 Å². The lowest BCUT2D eigenvalue weighted by molar-refractivity contribution is -0.115. The highest BCUT2D eigenvalue weighted by Crippen LogP contribution is 2.18. The van der Waals surface area contributed by atoms with Crippen molar-refractivity contribution in [3.8, 4) is 0 Å². The summed E-state index contributed by atoms with van der Waals surface area (Å²) >= 11 is 1.77. The number of thioether (sulfide) groups is 1. The van der Waals surface area contributed by atoms with Crippen molar-refractivity contribution in [2.24, 2.45) is 0 Å². The number of hydrogen-bond acceptors (Lipinski definition) is 4. The molecule has 1 amide bonds. The highest BCUT2D eigenvalue weighted by atomic mass is 32.2. The Balaban J connectivity index is 1.72. The van der Waals surface area contributed by atoms with E-state index in [1.807, 2.05) is 0 Å². The molecule has 5 heteroatoms. The summed E-state index contributed by atoms with van der Waals surface area (Å²) < 4.78 is 4.90. The van der Waals surface area contributed by atoms with Crippen molar-refractivity contribution in [1.82, 2.24) is 5.16 Å². The van der Waals surface area contributed by atoms with Crippen molar-refractivity contribution in [1.29, 1.82) is 0 Å². The van der Waals surface area contributed by atoms with Crippen molar-refractivity contribution in [3.63, 3.8) is 0 Å². The van der Waals surface area contributed by atoms with Gasteiger partial charge in [0.1, 0.15) is 5.76 Å².